The molecule has 0 saturated carbocycles. The molecule has 0 atom stereocenters. The zero-order chi connectivity index (χ0) is 17.4. The molecule has 0 heterocycles. The fourth-order valence-corrected chi connectivity index (χ4v) is 2.47. The van der Waals surface area contributed by atoms with Crippen LogP contribution in [0.3, 0.4) is 0 Å². The fourth-order valence-electron chi connectivity index (χ4n) is 2.47. The quantitative estimate of drug-likeness (QED) is 0.789. The number of carbonyl (C=O) groups is 1. The maximum atomic E-state index is 12.2. The van der Waals surface area contributed by atoms with Crippen LogP contribution in [0.5, 0.6) is 11.5 Å². The maximum Gasteiger partial charge on any atom is 0.228 e. The van der Waals surface area contributed by atoms with Crippen molar-refractivity contribution in [3.63, 3.8) is 0 Å². The molecule has 0 saturated heterocycles. The minimum Gasteiger partial charge on any atom is -0.497 e. The highest BCUT2D eigenvalue weighted by Crippen LogP contribution is 2.25. The smallest absolute Gasteiger partial charge is 0.228 e. The highest BCUT2D eigenvalue weighted by atomic mass is 16.5. The number of unbranched alkanes of at least 4 members (excludes halogenated alkanes) is 1. The minimum absolute atomic E-state index is 0.0633. The molecule has 0 spiro atoms. The van der Waals surface area contributed by atoms with E-state index in [1.807, 2.05) is 12.1 Å². The van der Waals surface area contributed by atoms with Crippen molar-refractivity contribution in [3.8, 4) is 11.5 Å². The van der Waals surface area contributed by atoms with Crippen molar-refractivity contribution in [1.29, 1.82) is 0 Å². The molecular weight excluding hydrogens is 302 g/mol. The number of ether oxygens (including phenoxy) is 2. The van der Waals surface area contributed by atoms with Gasteiger partial charge in [-0.2, -0.15) is 0 Å². The first-order valence-electron chi connectivity index (χ1n) is 8.25. The summed E-state index contributed by atoms with van der Waals surface area (Å²) >= 11 is 0. The van der Waals surface area contributed by atoms with E-state index >= 15 is 0 Å². The zero-order valence-electron chi connectivity index (χ0n) is 14.6. The SMILES string of the molecule is CCCCc1ccc(CC(=O)Nc2cc(OC)cc(OC)c2)cc1. The molecule has 0 unspecified atom stereocenters. The van der Waals surface area contributed by atoms with E-state index in [4.69, 9.17) is 9.47 Å². The largest absolute Gasteiger partial charge is 0.497 e. The molecule has 0 aromatic heterocycles. The number of hydrogen-bond donors (Lipinski definition) is 1. The molecular formula is C20H25NO3. The zero-order valence-corrected chi connectivity index (χ0v) is 14.6. The monoisotopic (exact) mass is 327 g/mol. The molecule has 128 valence electrons. The summed E-state index contributed by atoms with van der Waals surface area (Å²) in [6, 6.07) is 13.6. The standard InChI is InChI=1S/C20H25NO3/c1-4-5-6-15-7-9-16(10-8-15)11-20(22)21-17-12-18(23-2)14-19(13-17)24-3/h7-10,12-14H,4-6,11H2,1-3H3,(H,21,22). The number of anilines is 1. The molecule has 24 heavy (non-hydrogen) atoms. The highest BCUT2D eigenvalue weighted by Gasteiger charge is 2.07. The van der Waals surface area contributed by atoms with E-state index in [9.17, 15) is 4.79 Å². The van der Waals surface area contributed by atoms with Crippen LogP contribution in [-0.2, 0) is 17.6 Å². The summed E-state index contributed by atoms with van der Waals surface area (Å²) in [4.78, 5) is 12.2. The van der Waals surface area contributed by atoms with Crippen molar-refractivity contribution >= 4 is 11.6 Å². The first-order valence-corrected chi connectivity index (χ1v) is 8.25. The van der Waals surface area contributed by atoms with Crippen LogP contribution in [-0.4, -0.2) is 20.1 Å². The average Bonchev–Trinajstić information content (AvgIpc) is 2.60. The van der Waals surface area contributed by atoms with E-state index in [0.717, 1.165) is 12.0 Å². The number of rotatable bonds is 8. The normalized spacial score (nSPS) is 10.3. The molecule has 0 fully saturated rings. The third-order valence-corrected chi connectivity index (χ3v) is 3.84. The summed E-state index contributed by atoms with van der Waals surface area (Å²) < 4.78 is 10.4. The maximum absolute atomic E-state index is 12.2. The van der Waals surface area contributed by atoms with Gasteiger partial charge in [0.05, 0.1) is 20.6 Å². The lowest BCUT2D eigenvalue weighted by atomic mass is 10.0. The van der Waals surface area contributed by atoms with Crippen LogP contribution >= 0.6 is 0 Å². The second kappa shape index (κ2) is 8.96. The molecule has 0 aliphatic rings. The molecule has 4 heteroatoms. The number of aryl methyl sites for hydroxylation is 1. The summed E-state index contributed by atoms with van der Waals surface area (Å²) in [7, 11) is 3.17. The Balaban J connectivity index is 1.97. The Kier molecular flexibility index (Phi) is 6.67. The molecule has 0 aliphatic carbocycles. The molecule has 4 nitrogen and oxygen atoms in total. The number of nitrogens with one attached hydrogen (secondary N) is 1. The summed E-state index contributed by atoms with van der Waals surface area (Å²) in [5.74, 6) is 1.22. The predicted molar refractivity (Wildman–Crippen MR) is 96.9 cm³/mol. The topological polar surface area (TPSA) is 47.6 Å². The van der Waals surface area contributed by atoms with Crippen molar-refractivity contribution in [1.82, 2.24) is 0 Å². The second-order valence-corrected chi connectivity index (χ2v) is 5.75. The first kappa shape index (κ1) is 17.9. The number of carbonyl (C=O) groups excluding carboxylic acids is 1. The van der Waals surface area contributed by atoms with Crippen molar-refractivity contribution in [2.45, 2.75) is 32.6 Å². The van der Waals surface area contributed by atoms with Crippen LogP contribution in [0.15, 0.2) is 42.5 Å². The van der Waals surface area contributed by atoms with Crippen molar-refractivity contribution in [2.75, 3.05) is 19.5 Å². The van der Waals surface area contributed by atoms with Gasteiger partial charge >= 0.3 is 0 Å². The van der Waals surface area contributed by atoms with Crippen LogP contribution in [0, 0.1) is 0 Å². The molecule has 2 rings (SSSR count). The van der Waals surface area contributed by atoms with Gasteiger partial charge in [0, 0.05) is 23.9 Å². The van der Waals surface area contributed by atoms with Crippen LogP contribution in [0.2, 0.25) is 0 Å². The van der Waals surface area contributed by atoms with E-state index in [1.165, 1.54) is 18.4 Å². The van der Waals surface area contributed by atoms with Crippen LogP contribution < -0.4 is 14.8 Å². The number of hydrogen-bond acceptors (Lipinski definition) is 3. The average molecular weight is 327 g/mol. The highest BCUT2D eigenvalue weighted by molar-refractivity contribution is 5.92. The Bertz CT molecular complexity index is 643. The lowest BCUT2D eigenvalue weighted by Crippen LogP contribution is -2.14. The molecule has 2 aromatic carbocycles. The Morgan fingerprint density at radius 1 is 0.958 bits per heavy atom. The molecule has 0 bridgehead atoms. The predicted octanol–water partition coefficient (Wildman–Crippen LogP) is 4.23. The Hall–Kier alpha value is -2.49. The summed E-state index contributed by atoms with van der Waals surface area (Å²) in [6.07, 6.45) is 3.81. The summed E-state index contributed by atoms with van der Waals surface area (Å²) in [5, 5.41) is 2.89. The van der Waals surface area contributed by atoms with Gasteiger partial charge in [0.25, 0.3) is 0 Å². The number of methoxy groups -OCH3 is 2. The van der Waals surface area contributed by atoms with Crippen molar-refractivity contribution in [2.24, 2.45) is 0 Å². The van der Waals surface area contributed by atoms with Gasteiger partial charge in [-0.05, 0) is 24.0 Å². The fraction of sp³-hybridized carbons (Fsp3) is 0.350. The number of benzene rings is 2. The molecule has 1 amide bonds. The molecule has 1 N–H and O–H groups in total. The third-order valence-electron chi connectivity index (χ3n) is 3.84. The van der Waals surface area contributed by atoms with Gasteiger partial charge in [0.1, 0.15) is 11.5 Å². The molecule has 0 radical (unpaired) electrons. The van der Waals surface area contributed by atoms with Gasteiger partial charge in [-0.1, -0.05) is 37.6 Å². The van der Waals surface area contributed by atoms with Gasteiger partial charge in [-0.3, -0.25) is 4.79 Å². The van der Waals surface area contributed by atoms with Crippen molar-refractivity contribution < 1.29 is 14.3 Å². The Labute approximate surface area is 143 Å². The second-order valence-electron chi connectivity index (χ2n) is 5.75. The van der Waals surface area contributed by atoms with Crippen LogP contribution in [0.1, 0.15) is 30.9 Å². The summed E-state index contributed by atoms with van der Waals surface area (Å²) in [5.41, 5.74) is 2.98. The first-order chi connectivity index (χ1) is 11.6. The summed E-state index contributed by atoms with van der Waals surface area (Å²) in [6.45, 7) is 2.19. The van der Waals surface area contributed by atoms with E-state index in [1.54, 1.807) is 32.4 Å². The van der Waals surface area contributed by atoms with E-state index in [-0.39, 0.29) is 5.91 Å². The van der Waals surface area contributed by atoms with Crippen LogP contribution in [0.25, 0.3) is 0 Å². The van der Waals surface area contributed by atoms with Crippen molar-refractivity contribution in [3.05, 3.63) is 53.6 Å². The van der Waals surface area contributed by atoms with Gasteiger partial charge in [0.15, 0.2) is 0 Å². The third kappa shape index (κ3) is 5.30. The van der Waals surface area contributed by atoms with Crippen LogP contribution in [0.4, 0.5) is 5.69 Å². The Morgan fingerprint density at radius 2 is 1.54 bits per heavy atom. The van der Waals surface area contributed by atoms with Gasteiger partial charge in [-0.25, -0.2) is 0 Å². The minimum atomic E-state index is -0.0633. The van der Waals surface area contributed by atoms with Gasteiger partial charge < -0.3 is 14.8 Å². The van der Waals surface area contributed by atoms with Gasteiger partial charge in [-0.15, -0.1) is 0 Å². The molecule has 0 aliphatic heterocycles. The van der Waals surface area contributed by atoms with Gasteiger partial charge in [0.2, 0.25) is 5.91 Å². The molecule has 2 aromatic rings. The Morgan fingerprint density at radius 3 is 2.08 bits per heavy atom. The van der Waals surface area contributed by atoms with E-state index < -0.39 is 0 Å². The lowest BCUT2D eigenvalue weighted by molar-refractivity contribution is -0.115. The lowest BCUT2D eigenvalue weighted by Gasteiger charge is -2.10. The van der Waals surface area contributed by atoms with E-state index in [2.05, 4.69) is 24.4 Å². The number of amides is 1. The van der Waals surface area contributed by atoms with E-state index in [0.29, 0.717) is 23.6 Å².